The van der Waals surface area contributed by atoms with E-state index in [1.807, 2.05) is 54.6 Å². The molecule has 6 heteroatoms. The quantitative estimate of drug-likeness (QED) is 0.641. The smallest absolute Gasteiger partial charge is 0.265 e. The molecule has 0 saturated carbocycles. The molecule has 1 aliphatic rings. The van der Waals surface area contributed by atoms with Crippen molar-refractivity contribution in [3.8, 4) is 0 Å². The molecule has 0 saturated heterocycles. The van der Waals surface area contributed by atoms with Gasteiger partial charge in [-0.25, -0.2) is 0 Å². The summed E-state index contributed by atoms with van der Waals surface area (Å²) in [5.74, 6) is 0. The number of nitrogens with zero attached hydrogens (tertiary/aromatic N) is 1. The molecule has 3 rings (SSSR count). The molecule has 1 heterocycles. The van der Waals surface area contributed by atoms with Gasteiger partial charge in [0.2, 0.25) is 0 Å². The lowest BCUT2D eigenvalue weighted by molar-refractivity contribution is 0.591. The lowest BCUT2D eigenvalue weighted by Gasteiger charge is -2.26. The van der Waals surface area contributed by atoms with Crippen LogP contribution in [0.4, 0.5) is 5.69 Å². The van der Waals surface area contributed by atoms with Gasteiger partial charge in [0.1, 0.15) is 0 Å². The van der Waals surface area contributed by atoms with Crippen LogP contribution in [0.5, 0.6) is 0 Å². The van der Waals surface area contributed by atoms with E-state index in [1.165, 1.54) is 11.4 Å². The van der Waals surface area contributed by atoms with Gasteiger partial charge in [-0.1, -0.05) is 30.3 Å². The van der Waals surface area contributed by atoms with Crippen molar-refractivity contribution in [1.29, 1.82) is 0 Å². The molecule has 102 valence electrons. The summed E-state index contributed by atoms with van der Waals surface area (Å²) in [7, 11) is 1.75. The van der Waals surface area contributed by atoms with Crippen LogP contribution in [-0.4, -0.2) is 12.2 Å². The molecular weight excluding hydrogens is 307 g/mol. The zero-order valence-electron chi connectivity index (χ0n) is 10.8. The molecule has 1 atom stereocenters. The Labute approximate surface area is 127 Å². The van der Waals surface area contributed by atoms with Crippen LogP contribution in [0.15, 0.2) is 59.5 Å². The number of anilines is 1. The molecule has 3 nitrogen and oxygen atoms in total. The molecule has 2 aromatic carbocycles. The van der Waals surface area contributed by atoms with E-state index in [-0.39, 0.29) is 0 Å². The van der Waals surface area contributed by atoms with E-state index in [0.29, 0.717) is 5.11 Å². The van der Waals surface area contributed by atoms with E-state index in [9.17, 15) is 4.57 Å². The van der Waals surface area contributed by atoms with E-state index >= 15 is 0 Å². The van der Waals surface area contributed by atoms with Crippen LogP contribution in [0, 0.1) is 0 Å². The first kappa shape index (κ1) is 13.7. The standard InChI is InChI=1S/C14H13N2OPS2/c1-15-14(19)16-12-9-5-6-10-13(12)20-18(16,17)11-7-3-2-4-8-11/h2-10H,1H3,(H,15,19). The minimum atomic E-state index is -2.84. The molecule has 2 aromatic rings. The summed E-state index contributed by atoms with van der Waals surface area (Å²) < 4.78 is 15.3. The van der Waals surface area contributed by atoms with Gasteiger partial charge >= 0.3 is 0 Å². The van der Waals surface area contributed by atoms with Crippen LogP contribution in [0.25, 0.3) is 0 Å². The van der Waals surface area contributed by atoms with Crippen LogP contribution in [0.2, 0.25) is 0 Å². The highest BCUT2D eigenvalue weighted by atomic mass is 32.7. The number of benzene rings is 2. The maximum Gasteiger partial charge on any atom is 0.265 e. The van der Waals surface area contributed by atoms with Crippen molar-refractivity contribution >= 4 is 46.2 Å². The van der Waals surface area contributed by atoms with E-state index in [0.717, 1.165) is 15.9 Å². The lowest BCUT2D eigenvalue weighted by atomic mass is 10.3. The molecule has 0 radical (unpaired) electrons. The Morgan fingerprint density at radius 3 is 2.50 bits per heavy atom. The molecule has 1 aliphatic heterocycles. The fraction of sp³-hybridized carbons (Fsp3) is 0.0714. The third kappa shape index (κ3) is 2.06. The van der Waals surface area contributed by atoms with Gasteiger partial charge in [0, 0.05) is 17.2 Å². The average molecular weight is 320 g/mol. The Morgan fingerprint density at radius 1 is 1.15 bits per heavy atom. The number of hydrogen-bond acceptors (Lipinski definition) is 3. The van der Waals surface area contributed by atoms with Crippen LogP contribution in [-0.2, 0) is 4.57 Å². The van der Waals surface area contributed by atoms with Gasteiger partial charge in [-0.3, -0.25) is 9.24 Å². The number of fused-ring (bicyclic) bond motifs is 1. The molecule has 20 heavy (non-hydrogen) atoms. The van der Waals surface area contributed by atoms with Gasteiger partial charge in [-0.2, -0.15) is 0 Å². The van der Waals surface area contributed by atoms with Gasteiger partial charge in [-0.05, 0) is 47.9 Å². The molecule has 0 aromatic heterocycles. The largest absolute Gasteiger partial charge is 0.365 e. The van der Waals surface area contributed by atoms with Crippen LogP contribution in [0.3, 0.4) is 0 Å². The van der Waals surface area contributed by atoms with Crippen molar-refractivity contribution < 1.29 is 4.57 Å². The molecule has 0 aliphatic carbocycles. The summed E-state index contributed by atoms with van der Waals surface area (Å²) >= 11 is 6.77. The maximum atomic E-state index is 13.6. The molecule has 0 fully saturated rings. The normalized spacial score (nSPS) is 20.6. The van der Waals surface area contributed by atoms with Crippen molar-refractivity contribution in [1.82, 2.24) is 5.32 Å². The Morgan fingerprint density at radius 2 is 1.80 bits per heavy atom. The van der Waals surface area contributed by atoms with Crippen LogP contribution in [0.1, 0.15) is 0 Å². The molecule has 1 N–H and O–H groups in total. The third-order valence-corrected chi connectivity index (χ3v) is 8.73. The first-order valence-corrected chi connectivity index (χ1v) is 9.62. The highest BCUT2D eigenvalue weighted by Crippen LogP contribution is 2.71. The molecule has 0 spiro atoms. The van der Waals surface area contributed by atoms with Crippen molar-refractivity contribution in [2.45, 2.75) is 4.90 Å². The van der Waals surface area contributed by atoms with Gasteiger partial charge in [0.15, 0.2) is 5.11 Å². The zero-order valence-corrected chi connectivity index (χ0v) is 13.3. The fourth-order valence-electron chi connectivity index (χ4n) is 2.14. The Kier molecular flexibility index (Phi) is 3.59. The van der Waals surface area contributed by atoms with E-state index in [2.05, 4.69) is 5.32 Å². The molecule has 0 bridgehead atoms. The number of para-hydroxylation sites is 1. The molecular formula is C14H13N2OPS2. The lowest BCUT2D eigenvalue weighted by Crippen LogP contribution is -2.35. The average Bonchev–Trinajstić information content (AvgIpc) is 2.81. The predicted molar refractivity (Wildman–Crippen MR) is 90.1 cm³/mol. The molecule has 0 amide bonds. The van der Waals surface area contributed by atoms with Crippen molar-refractivity contribution in [3.05, 3.63) is 54.6 Å². The second-order valence-electron chi connectivity index (χ2n) is 4.28. The van der Waals surface area contributed by atoms with Gasteiger partial charge in [0.25, 0.3) is 6.49 Å². The second kappa shape index (κ2) is 5.24. The SMILES string of the molecule is CNC(=S)N1c2ccccc2SP1(=O)c1ccccc1. The topological polar surface area (TPSA) is 32.3 Å². The number of rotatable bonds is 1. The summed E-state index contributed by atoms with van der Waals surface area (Å²) in [5, 5.41) is 4.23. The Hall–Kier alpha value is -1.29. The van der Waals surface area contributed by atoms with Gasteiger partial charge in [-0.15, -0.1) is 0 Å². The van der Waals surface area contributed by atoms with E-state index in [1.54, 1.807) is 11.7 Å². The van der Waals surface area contributed by atoms with Crippen molar-refractivity contribution in [2.24, 2.45) is 0 Å². The Bertz CT molecular complexity index is 705. The summed E-state index contributed by atoms with van der Waals surface area (Å²) in [6, 6.07) is 17.3. The monoisotopic (exact) mass is 320 g/mol. The minimum Gasteiger partial charge on any atom is -0.365 e. The zero-order chi connectivity index (χ0) is 14.2. The first-order valence-electron chi connectivity index (χ1n) is 6.13. The fourth-order valence-corrected chi connectivity index (χ4v) is 7.93. The molecule has 1 unspecified atom stereocenters. The number of thiocarbonyl (C=S) groups is 1. The highest BCUT2D eigenvalue weighted by Gasteiger charge is 2.43. The van der Waals surface area contributed by atoms with Crippen LogP contribution < -0.4 is 15.3 Å². The van der Waals surface area contributed by atoms with Gasteiger partial charge in [0.05, 0.1) is 5.69 Å². The van der Waals surface area contributed by atoms with E-state index < -0.39 is 6.49 Å². The summed E-state index contributed by atoms with van der Waals surface area (Å²) in [5.41, 5.74) is 0.907. The van der Waals surface area contributed by atoms with Crippen LogP contribution >= 0.6 is 30.1 Å². The highest BCUT2D eigenvalue weighted by molar-refractivity contribution is 8.61. The third-order valence-electron chi connectivity index (χ3n) is 3.07. The van der Waals surface area contributed by atoms with E-state index in [4.69, 9.17) is 12.2 Å². The summed E-state index contributed by atoms with van der Waals surface area (Å²) in [4.78, 5) is 0.997. The van der Waals surface area contributed by atoms with Crippen molar-refractivity contribution in [3.63, 3.8) is 0 Å². The summed E-state index contributed by atoms with van der Waals surface area (Å²) in [6.45, 7) is -2.84. The summed E-state index contributed by atoms with van der Waals surface area (Å²) in [6.07, 6.45) is 0. The minimum absolute atomic E-state index is 0.481. The first-order chi connectivity index (χ1) is 9.66. The maximum absolute atomic E-state index is 13.6. The van der Waals surface area contributed by atoms with Crippen molar-refractivity contribution in [2.75, 3.05) is 11.7 Å². The second-order valence-corrected chi connectivity index (χ2v) is 9.28. The number of nitrogens with one attached hydrogen (secondary N) is 1. The predicted octanol–water partition coefficient (Wildman–Crippen LogP) is 3.62. The van der Waals surface area contributed by atoms with Gasteiger partial charge < -0.3 is 5.32 Å². The number of hydrogen-bond donors (Lipinski definition) is 1. The Balaban J connectivity index is 2.18.